The normalized spacial score (nSPS) is 20.2. The van der Waals surface area contributed by atoms with E-state index in [4.69, 9.17) is 22.8 Å². The molecule has 0 saturated heterocycles. The lowest BCUT2D eigenvalue weighted by molar-refractivity contribution is -0.150. The van der Waals surface area contributed by atoms with Gasteiger partial charge in [0.05, 0.1) is 16.8 Å². The number of carbonyl (C=O) groups is 2. The highest BCUT2D eigenvalue weighted by Crippen LogP contribution is 2.46. The first kappa shape index (κ1) is 21.4. The van der Waals surface area contributed by atoms with E-state index in [1.165, 1.54) is 6.07 Å². The molecule has 1 aromatic carbocycles. The van der Waals surface area contributed by atoms with Crippen LogP contribution in [0.4, 0.5) is 14.5 Å². The summed E-state index contributed by atoms with van der Waals surface area (Å²) in [6.07, 6.45) is 6.17. The van der Waals surface area contributed by atoms with Crippen LogP contribution in [-0.2, 0) is 9.59 Å². The average molecular weight is 426 g/mol. The van der Waals surface area contributed by atoms with Crippen molar-refractivity contribution in [1.29, 1.82) is 0 Å². The average Bonchev–Trinajstić information content (AvgIpc) is 2.64. The molecule has 1 N–H and O–H groups in total. The number of halogens is 3. The quantitative estimate of drug-likeness (QED) is 0.701. The highest BCUT2D eigenvalue weighted by molar-refractivity contribution is 6.33. The number of carbonyl (C=O) groups excluding carboxylic acids is 1. The Morgan fingerprint density at radius 3 is 2.38 bits per heavy atom. The van der Waals surface area contributed by atoms with E-state index in [1.54, 1.807) is 13.0 Å². The first-order valence-electron chi connectivity index (χ1n) is 9.49. The lowest BCUT2D eigenvalue weighted by atomic mass is 9.78. The van der Waals surface area contributed by atoms with Gasteiger partial charge in [0.2, 0.25) is 5.92 Å². The number of hydrogen-bond acceptors (Lipinski definition) is 3. The van der Waals surface area contributed by atoms with Gasteiger partial charge in [-0.1, -0.05) is 11.6 Å². The second kappa shape index (κ2) is 7.83. The Balaban J connectivity index is 2.05. The molecule has 29 heavy (non-hydrogen) atoms. The third-order valence-corrected chi connectivity index (χ3v) is 6.34. The Bertz CT molecular complexity index is 866. The molecule has 3 rings (SSSR count). The Kier molecular flexibility index (Phi) is 5.77. The van der Waals surface area contributed by atoms with Crippen LogP contribution in [0.15, 0.2) is 12.1 Å². The van der Waals surface area contributed by atoms with Crippen LogP contribution in [-0.4, -0.2) is 34.5 Å². The van der Waals surface area contributed by atoms with Crippen LogP contribution in [0.3, 0.4) is 0 Å². The monoisotopic (exact) mass is 425 g/mol. The summed E-state index contributed by atoms with van der Waals surface area (Å²) < 4.78 is 33.3. The zero-order valence-corrected chi connectivity index (χ0v) is 16.8. The van der Waals surface area contributed by atoms with Gasteiger partial charge in [0.25, 0.3) is 0 Å². The lowest BCUT2D eigenvalue weighted by Crippen LogP contribution is -2.60. The van der Waals surface area contributed by atoms with Crippen LogP contribution in [0, 0.1) is 19.3 Å². The fourth-order valence-corrected chi connectivity index (χ4v) is 4.02. The smallest absolute Gasteiger partial charge is 0.330 e. The van der Waals surface area contributed by atoms with Gasteiger partial charge in [0.15, 0.2) is 0 Å². The van der Waals surface area contributed by atoms with Crippen molar-refractivity contribution in [3.05, 3.63) is 22.7 Å². The summed E-state index contributed by atoms with van der Waals surface area (Å²) in [4.78, 5) is 25.8. The number of amides is 1. The van der Waals surface area contributed by atoms with Gasteiger partial charge in [0, 0.05) is 12.8 Å². The van der Waals surface area contributed by atoms with Crippen molar-refractivity contribution in [1.82, 2.24) is 0 Å². The maximum atomic E-state index is 13.7. The van der Waals surface area contributed by atoms with Crippen molar-refractivity contribution in [3.8, 4) is 18.1 Å². The number of terminal acetylenes is 1. The first-order valence-corrected chi connectivity index (χ1v) is 9.87. The molecule has 0 unspecified atom stereocenters. The zero-order chi connectivity index (χ0) is 21.4. The maximum absolute atomic E-state index is 13.7. The first-order chi connectivity index (χ1) is 13.6. The summed E-state index contributed by atoms with van der Waals surface area (Å²) in [6.45, 7) is 1.62. The number of rotatable bonds is 5. The van der Waals surface area contributed by atoms with Gasteiger partial charge in [-0.2, -0.15) is 0 Å². The molecule has 1 aromatic rings. The summed E-state index contributed by atoms with van der Waals surface area (Å²) in [6, 6.07) is 3.08. The van der Waals surface area contributed by atoms with Gasteiger partial charge in [-0.05, 0) is 62.6 Å². The van der Waals surface area contributed by atoms with E-state index in [0.717, 1.165) is 24.2 Å². The van der Waals surface area contributed by atoms with Gasteiger partial charge >= 0.3 is 11.9 Å². The highest BCUT2D eigenvalue weighted by atomic mass is 35.5. The van der Waals surface area contributed by atoms with Gasteiger partial charge in [-0.25, -0.2) is 13.6 Å². The molecular weight excluding hydrogens is 404 g/mol. The molecule has 2 aliphatic rings. The van der Waals surface area contributed by atoms with Crippen molar-refractivity contribution in [3.63, 3.8) is 0 Å². The van der Waals surface area contributed by atoms with E-state index >= 15 is 0 Å². The third-order valence-electron chi connectivity index (χ3n) is 5.87. The van der Waals surface area contributed by atoms with E-state index in [1.807, 2.05) is 5.92 Å². The Morgan fingerprint density at radius 1 is 1.28 bits per heavy atom. The standard InChI is InChI=1S/C21H22ClF2NO4/c1-3-17(26)25(20(19(27)28)9-11-21(23,24)12-10-20)15-7-8-16(18(22)13(15)2)29-14-5-4-6-14/h1,7-8,14H,4-6,9-12H2,2H3,(H,27,28). The molecule has 2 fully saturated rings. The second-order valence-electron chi connectivity index (χ2n) is 7.67. The van der Waals surface area contributed by atoms with Gasteiger partial charge in [0.1, 0.15) is 11.3 Å². The number of hydrogen-bond donors (Lipinski definition) is 1. The van der Waals surface area contributed by atoms with Crippen molar-refractivity contribution in [2.24, 2.45) is 0 Å². The number of benzene rings is 1. The van der Waals surface area contributed by atoms with Crippen LogP contribution < -0.4 is 9.64 Å². The van der Waals surface area contributed by atoms with E-state index in [9.17, 15) is 23.5 Å². The summed E-state index contributed by atoms with van der Waals surface area (Å²) in [5.74, 6) is -2.89. The number of anilines is 1. The molecule has 0 heterocycles. The van der Waals surface area contributed by atoms with Crippen LogP contribution >= 0.6 is 11.6 Å². The molecule has 5 nitrogen and oxygen atoms in total. The molecule has 156 valence electrons. The Labute approximate surface area is 173 Å². The molecule has 2 aliphatic carbocycles. The Hall–Kier alpha value is -2.33. The van der Waals surface area contributed by atoms with E-state index < -0.39 is 49.0 Å². The van der Waals surface area contributed by atoms with E-state index in [2.05, 4.69) is 0 Å². The van der Waals surface area contributed by atoms with Crippen LogP contribution in [0.25, 0.3) is 0 Å². The van der Waals surface area contributed by atoms with Crippen LogP contribution in [0.5, 0.6) is 5.75 Å². The number of ether oxygens (including phenoxy) is 1. The maximum Gasteiger partial charge on any atom is 0.330 e. The summed E-state index contributed by atoms with van der Waals surface area (Å²) in [5.41, 5.74) is -1.27. The van der Waals surface area contributed by atoms with E-state index in [0.29, 0.717) is 11.3 Å². The summed E-state index contributed by atoms with van der Waals surface area (Å²) in [7, 11) is 0. The van der Waals surface area contributed by atoms with Crippen LogP contribution in [0.2, 0.25) is 5.02 Å². The molecule has 0 spiro atoms. The van der Waals surface area contributed by atoms with Gasteiger partial charge in [-0.15, -0.1) is 6.42 Å². The third kappa shape index (κ3) is 3.91. The molecule has 1 amide bonds. The van der Waals surface area contributed by atoms with Crippen molar-refractivity contribution < 1.29 is 28.2 Å². The predicted octanol–water partition coefficient (Wildman–Crippen LogP) is 4.58. The fourth-order valence-electron chi connectivity index (χ4n) is 3.81. The lowest BCUT2D eigenvalue weighted by Gasteiger charge is -2.44. The second-order valence-corrected chi connectivity index (χ2v) is 8.05. The number of aliphatic carboxylic acids is 1. The largest absolute Gasteiger partial charge is 0.489 e. The molecule has 0 aromatic heterocycles. The minimum absolute atomic E-state index is 0.0760. The predicted molar refractivity (Wildman–Crippen MR) is 105 cm³/mol. The van der Waals surface area contributed by atoms with E-state index in [-0.39, 0.29) is 16.8 Å². The molecular formula is C21H22ClF2NO4. The number of carboxylic acids is 1. The minimum Gasteiger partial charge on any atom is -0.489 e. The highest BCUT2D eigenvalue weighted by Gasteiger charge is 2.54. The van der Waals surface area contributed by atoms with Gasteiger partial charge < -0.3 is 9.84 Å². The Morgan fingerprint density at radius 2 is 1.90 bits per heavy atom. The molecule has 0 aliphatic heterocycles. The SMILES string of the molecule is C#CC(=O)N(c1ccc(OC2CCC2)c(Cl)c1C)C1(C(=O)O)CCC(F)(F)CC1. The summed E-state index contributed by atoms with van der Waals surface area (Å²) in [5, 5.41) is 10.2. The topological polar surface area (TPSA) is 66.8 Å². The fraction of sp³-hybridized carbons (Fsp3) is 0.524. The molecule has 0 atom stereocenters. The van der Waals surface area contributed by atoms with Crippen LogP contribution in [0.1, 0.15) is 50.5 Å². The number of nitrogens with zero attached hydrogens (tertiary/aromatic N) is 1. The number of carboxylic acid groups (broad SMARTS) is 1. The minimum atomic E-state index is -2.98. The number of alkyl halides is 2. The summed E-state index contributed by atoms with van der Waals surface area (Å²) >= 11 is 6.44. The molecule has 8 heteroatoms. The van der Waals surface area contributed by atoms with Crippen molar-refractivity contribution in [2.45, 2.75) is 69.4 Å². The molecule has 0 radical (unpaired) electrons. The van der Waals surface area contributed by atoms with Gasteiger partial charge in [-0.3, -0.25) is 9.69 Å². The molecule has 0 bridgehead atoms. The molecule has 2 saturated carbocycles. The van der Waals surface area contributed by atoms with Crippen molar-refractivity contribution in [2.75, 3.05) is 4.90 Å². The zero-order valence-electron chi connectivity index (χ0n) is 16.0. The van der Waals surface area contributed by atoms with Crippen molar-refractivity contribution >= 4 is 29.2 Å².